The second-order valence-corrected chi connectivity index (χ2v) is 11.9. The number of carbonyl (C=O) groups is 1. The largest absolute Gasteiger partial charge is 0.492 e. The number of sulfonamides is 1. The number of rotatable bonds is 14. The van der Waals surface area contributed by atoms with Crippen LogP contribution in [0.3, 0.4) is 0 Å². The van der Waals surface area contributed by atoms with Gasteiger partial charge in [0.1, 0.15) is 18.9 Å². The van der Waals surface area contributed by atoms with E-state index in [1.807, 2.05) is 32.0 Å². The van der Waals surface area contributed by atoms with Crippen molar-refractivity contribution in [2.24, 2.45) is 5.10 Å². The zero-order chi connectivity index (χ0) is 31.5. The van der Waals surface area contributed by atoms with Gasteiger partial charge in [-0.2, -0.15) is 5.10 Å². The molecule has 1 amide bonds. The van der Waals surface area contributed by atoms with Gasteiger partial charge >= 0.3 is 0 Å². The summed E-state index contributed by atoms with van der Waals surface area (Å²) in [6.07, 6.45) is 1.44. The Bertz CT molecular complexity index is 1710. The Hall–Kier alpha value is -4.54. The molecule has 0 atom stereocenters. The molecule has 0 aromatic heterocycles. The molecule has 0 fully saturated rings. The highest BCUT2D eigenvalue weighted by Crippen LogP contribution is 2.33. The maximum absolute atomic E-state index is 13.7. The minimum Gasteiger partial charge on any atom is -0.492 e. The van der Waals surface area contributed by atoms with Gasteiger partial charge in [-0.25, -0.2) is 13.8 Å². The molecule has 0 aliphatic heterocycles. The standard InChI is InChI=1S/C33H34ClN3O6S/c1-4-41-30-12-7-6-11-29(30)37(44(39,40)28-16-13-24(3)14-17-28)22-33(38)36-35-21-25-15-18-31(32(20-25)42-5-2)43-23-26-9-8-10-27(34)19-26/h6-21H,4-5,22-23H2,1-3H3,(H,36,38)/b35-21-. The first kappa shape index (κ1) is 32.4. The second kappa shape index (κ2) is 15.3. The fourth-order valence-electron chi connectivity index (χ4n) is 4.20. The molecule has 4 rings (SSSR count). The summed E-state index contributed by atoms with van der Waals surface area (Å²) in [6, 6.07) is 25.7. The van der Waals surface area contributed by atoms with Gasteiger partial charge in [0, 0.05) is 5.02 Å². The number of hydrogen-bond acceptors (Lipinski definition) is 7. The van der Waals surface area contributed by atoms with Crippen molar-refractivity contribution in [3.8, 4) is 17.2 Å². The smallest absolute Gasteiger partial charge is 0.264 e. The van der Waals surface area contributed by atoms with E-state index in [4.69, 9.17) is 25.8 Å². The van der Waals surface area contributed by atoms with Gasteiger partial charge in [0.15, 0.2) is 11.5 Å². The van der Waals surface area contributed by atoms with Crippen molar-refractivity contribution >= 4 is 39.4 Å². The molecule has 11 heteroatoms. The number of nitrogens with one attached hydrogen (secondary N) is 1. The summed E-state index contributed by atoms with van der Waals surface area (Å²) < 4.78 is 45.9. The van der Waals surface area contributed by atoms with E-state index in [-0.39, 0.29) is 10.6 Å². The Kier molecular flexibility index (Phi) is 11.2. The summed E-state index contributed by atoms with van der Waals surface area (Å²) in [4.78, 5) is 13.1. The lowest BCUT2D eigenvalue weighted by Gasteiger charge is -2.25. The van der Waals surface area contributed by atoms with E-state index in [0.29, 0.717) is 47.7 Å². The summed E-state index contributed by atoms with van der Waals surface area (Å²) in [6.45, 7) is 6.03. The molecule has 0 spiro atoms. The van der Waals surface area contributed by atoms with Crippen molar-refractivity contribution in [3.05, 3.63) is 113 Å². The maximum atomic E-state index is 13.7. The molecule has 230 valence electrons. The van der Waals surface area contributed by atoms with E-state index >= 15 is 0 Å². The quantitative estimate of drug-likeness (QED) is 0.127. The monoisotopic (exact) mass is 635 g/mol. The minimum absolute atomic E-state index is 0.0480. The molecule has 44 heavy (non-hydrogen) atoms. The van der Waals surface area contributed by atoms with Crippen LogP contribution in [0, 0.1) is 6.92 Å². The van der Waals surface area contributed by atoms with Gasteiger partial charge in [-0.15, -0.1) is 0 Å². The molecule has 4 aromatic carbocycles. The number of aryl methyl sites for hydroxylation is 1. The average molecular weight is 636 g/mol. The Morgan fingerprint density at radius 1 is 0.864 bits per heavy atom. The van der Waals surface area contributed by atoms with Crippen LogP contribution in [0.15, 0.2) is 101 Å². The molecule has 0 unspecified atom stereocenters. The summed E-state index contributed by atoms with van der Waals surface area (Å²) in [5, 5.41) is 4.68. The molecule has 0 aliphatic carbocycles. The van der Waals surface area contributed by atoms with Crippen LogP contribution < -0.4 is 23.9 Å². The third kappa shape index (κ3) is 8.52. The van der Waals surface area contributed by atoms with Crippen molar-refractivity contribution < 1.29 is 27.4 Å². The minimum atomic E-state index is -4.13. The van der Waals surface area contributed by atoms with Gasteiger partial charge in [-0.3, -0.25) is 9.10 Å². The number of carbonyl (C=O) groups excluding carboxylic acids is 1. The number of nitrogens with zero attached hydrogens (tertiary/aromatic N) is 2. The Morgan fingerprint density at radius 3 is 2.32 bits per heavy atom. The van der Waals surface area contributed by atoms with Crippen LogP contribution in [-0.4, -0.2) is 40.3 Å². The van der Waals surface area contributed by atoms with Crippen LogP contribution >= 0.6 is 11.6 Å². The summed E-state index contributed by atoms with van der Waals surface area (Å²) >= 11 is 6.07. The number of ether oxygens (including phenoxy) is 3. The second-order valence-electron chi connectivity index (χ2n) is 9.58. The number of para-hydroxylation sites is 2. The van der Waals surface area contributed by atoms with Gasteiger partial charge in [0.25, 0.3) is 15.9 Å². The summed E-state index contributed by atoms with van der Waals surface area (Å²) in [7, 11) is -4.13. The number of amides is 1. The molecule has 0 saturated carbocycles. The van der Waals surface area contributed by atoms with Crippen LogP contribution in [0.1, 0.15) is 30.5 Å². The molecule has 0 saturated heterocycles. The SMILES string of the molecule is CCOc1cc(/C=N\NC(=O)CN(c2ccccc2OCC)S(=O)(=O)c2ccc(C)cc2)ccc1OCc1cccc(Cl)c1. The Balaban J connectivity index is 1.50. The number of benzene rings is 4. The van der Waals surface area contributed by atoms with E-state index in [9.17, 15) is 13.2 Å². The fraction of sp³-hybridized carbons (Fsp3) is 0.212. The van der Waals surface area contributed by atoms with Gasteiger partial charge in [-0.1, -0.05) is 53.6 Å². The highest BCUT2D eigenvalue weighted by Gasteiger charge is 2.29. The lowest BCUT2D eigenvalue weighted by Crippen LogP contribution is -2.39. The average Bonchev–Trinajstić information content (AvgIpc) is 3.00. The van der Waals surface area contributed by atoms with E-state index < -0.39 is 22.5 Å². The molecule has 0 bridgehead atoms. The zero-order valence-corrected chi connectivity index (χ0v) is 26.3. The number of halogens is 1. The first-order valence-corrected chi connectivity index (χ1v) is 15.8. The molecule has 1 N–H and O–H groups in total. The van der Waals surface area contributed by atoms with Crippen LogP contribution in [0.2, 0.25) is 5.02 Å². The van der Waals surface area contributed by atoms with Crippen molar-refractivity contribution in [3.63, 3.8) is 0 Å². The molecule has 0 radical (unpaired) electrons. The van der Waals surface area contributed by atoms with Crippen LogP contribution in [0.5, 0.6) is 17.2 Å². The van der Waals surface area contributed by atoms with Gasteiger partial charge in [0.05, 0.1) is 30.0 Å². The highest BCUT2D eigenvalue weighted by atomic mass is 35.5. The van der Waals surface area contributed by atoms with Crippen LogP contribution in [0.4, 0.5) is 5.69 Å². The summed E-state index contributed by atoms with van der Waals surface area (Å²) in [5.74, 6) is 0.739. The number of anilines is 1. The summed E-state index contributed by atoms with van der Waals surface area (Å²) in [5.41, 5.74) is 5.13. The topological polar surface area (TPSA) is 107 Å². The zero-order valence-electron chi connectivity index (χ0n) is 24.7. The van der Waals surface area contributed by atoms with Crippen LogP contribution in [-0.2, 0) is 21.4 Å². The normalized spacial score (nSPS) is 11.3. The number of hydrogen-bond donors (Lipinski definition) is 1. The van der Waals surface area contributed by atoms with Crippen molar-refractivity contribution in [2.45, 2.75) is 32.3 Å². The lowest BCUT2D eigenvalue weighted by atomic mass is 10.2. The maximum Gasteiger partial charge on any atom is 0.264 e. The van der Waals surface area contributed by atoms with E-state index in [1.165, 1.54) is 18.3 Å². The van der Waals surface area contributed by atoms with Gasteiger partial charge in [0.2, 0.25) is 0 Å². The molecule has 4 aromatic rings. The van der Waals surface area contributed by atoms with Crippen molar-refractivity contribution in [2.75, 3.05) is 24.1 Å². The molecule has 9 nitrogen and oxygen atoms in total. The van der Waals surface area contributed by atoms with Gasteiger partial charge in [-0.05, 0) is 86.5 Å². The van der Waals surface area contributed by atoms with Crippen molar-refractivity contribution in [1.82, 2.24) is 5.43 Å². The Morgan fingerprint density at radius 2 is 1.59 bits per heavy atom. The van der Waals surface area contributed by atoms with Crippen molar-refractivity contribution in [1.29, 1.82) is 0 Å². The van der Waals surface area contributed by atoms with Gasteiger partial charge < -0.3 is 14.2 Å². The predicted molar refractivity (Wildman–Crippen MR) is 172 cm³/mol. The van der Waals surface area contributed by atoms with Crippen LogP contribution in [0.25, 0.3) is 0 Å². The predicted octanol–water partition coefficient (Wildman–Crippen LogP) is 6.37. The lowest BCUT2D eigenvalue weighted by molar-refractivity contribution is -0.119. The number of hydrazone groups is 1. The molecule has 0 heterocycles. The van der Waals surface area contributed by atoms with E-state index in [0.717, 1.165) is 15.4 Å². The molecular weight excluding hydrogens is 602 g/mol. The third-order valence-corrected chi connectivity index (χ3v) is 8.29. The fourth-order valence-corrected chi connectivity index (χ4v) is 5.85. The third-order valence-electron chi connectivity index (χ3n) is 6.28. The van der Waals surface area contributed by atoms with E-state index in [1.54, 1.807) is 67.6 Å². The Labute approximate surface area is 263 Å². The molecule has 0 aliphatic rings. The first-order chi connectivity index (χ1) is 21.2. The van der Waals surface area contributed by atoms with E-state index in [2.05, 4.69) is 10.5 Å². The highest BCUT2D eigenvalue weighted by molar-refractivity contribution is 7.92. The molecular formula is C33H34ClN3O6S. The first-order valence-electron chi connectivity index (χ1n) is 14.0.